The van der Waals surface area contributed by atoms with E-state index in [-0.39, 0.29) is 41.3 Å². The van der Waals surface area contributed by atoms with Crippen LogP contribution in [0.1, 0.15) is 63.8 Å². The zero-order valence-electron chi connectivity index (χ0n) is 26.3. The van der Waals surface area contributed by atoms with Crippen LogP contribution in [-0.2, 0) is 33.8 Å². The number of carbonyl (C=O) groups is 3. The van der Waals surface area contributed by atoms with Crippen LogP contribution >= 0.6 is 23.8 Å². The molecule has 2 aromatic carbocycles. The van der Waals surface area contributed by atoms with Crippen molar-refractivity contribution in [1.82, 2.24) is 20.9 Å². The highest BCUT2D eigenvalue weighted by Crippen LogP contribution is 2.37. The number of nitrogens with two attached hydrogens (primary N) is 1. The number of H-pyrrole nitrogens is 1. The van der Waals surface area contributed by atoms with Gasteiger partial charge in [0.05, 0.1) is 21.6 Å². The average Bonchev–Trinajstić information content (AvgIpc) is 3.38. The van der Waals surface area contributed by atoms with Crippen molar-refractivity contribution in [3.63, 3.8) is 0 Å². The molecule has 6 N–H and O–H groups in total. The molecular formula is C33H40ClF2N5O4S. The van der Waals surface area contributed by atoms with Gasteiger partial charge < -0.3 is 31.4 Å². The number of ether oxygens (including phenoxy) is 1. The molecular weight excluding hydrogens is 636 g/mol. The summed E-state index contributed by atoms with van der Waals surface area (Å²) in [5.41, 5.74) is 6.93. The number of fused-ring (bicyclic) bond motifs is 3. The first-order valence-corrected chi connectivity index (χ1v) is 16.2. The lowest BCUT2D eigenvalue weighted by atomic mass is 9.78. The number of hydrogen-bond donors (Lipinski definition) is 5. The molecule has 4 rings (SSSR count). The molecule has 1 heterocycles. The number of carbonyl (C=O) groups excluding carboxylic acids is 3. The van der Waals surface area contributed by atoms with Gasteiger partial charge in [0.25, 0.3) is 0 Å². The summed E-state index contributed by atoms with van der Waals surface area (Å²) >= 11 is 11.6. The van der Waals surface area contributed by atoms with Crippen LogP contribution in [0, 0.1) is 23.5 Å². The van der Waals surface area contributed by atoms with Crippen molar-refractivity contribution in [3.8, 4) is 0 Å². The molecule has 13 heteroatoms. The lowest BCUT2D eigenvalue weighted by Crippen LogP contribution is -2.67. The van der Waals surface area contributed by atoms with Crippen LogP contribution in [0.3, 0.4) is 0 Å². The molecule has 1 aromatic heterocycles. The molecule has 248 valence electrons. The fourth-order valence-corrected chi connectivity index (χ4v) is 6.34. The molecule has 0 fully saturated rings. The second-order valence-corrected chi connectivity index (χ2v) is 13.0. The monoisotopic (exact) mass is 675 g/mol. The van der Waals surface area contributed by atoms with Crippen molar-refractivity contribution in [2.75, 3.05) is 0 Å². The fraction of sp³-hybridized carbons (Fsp3) is 0.455. The van der Waals surface area contributed by atoms with Crippen molar-refractivity contribution < 1.29 is 27.9 Å². The summed E-state index contributed by atoms with van der Waals surface area (Å²) in [5, 5.41) is 9.28. The molecule has 3 aromatic rings. The molecule has 3 amide bonds. The lowest BCUT2D eigenvalue weighted by Gasteiger charge is -2.39. The van der Waals surface area contributed by atoms with Crippen molar-refractivity contribution in [2.24, 2.45) is 17.6 Å². The molecule has 0 bridgehead atoms. The number of benzene rings is 2. The van der Waals surface area contributed by atoms with E-state index in [1.165, 1.54) is 30.3 Å². The highest BCUT2D eigenvalue weighted by atomic mass is 35.5. The van der Waals surface area contributed by atoms with Crippen LogP contribution in [-0.4, -0.2) is 45.5 Å². The second-order valence-electron chi connectivity index (χ2n) is 12.1. The largest absolute Gasteiger partial charge is 0.445 e. The minimum Gasteiger partial charge on any atom is -0.445 e. The Morgan fingerprint density at radius 1 is 1.07 bits per heavy atom. The Kier molecular flexibility index (Phi) is 11.3. The predicted octanol–water partition coefficient (Wildman–Crippen LogP) is 5.60. The topological polar surface area (TPSA) is 138 Å². The molecule has 0 aliphatic heterocycles. The van der Waals surface area contributed by atoms with E-state index in [9.17, 15) is 23.2 Å². The first-order chi connectivity index (χ1) is 21.8. The second kappa shape index (κ2) is 14.8. The Labute approximate surface area is 277 Å². The quantitative estimate of drug-likeness (QED) is 0.159. The van der Waals surface area contributed by atoms with Gasteiger partial charge in [0.2, 0.25) is 11.8 Å². The minimum atomic E-state index is -1.51. The van der Waals surface area contributed by atoms with Crippen LogP contribution < -0.4 is 21.7 Å². The summed E-state index contributed by atoms with van der Waals surface area (Å²) in [6.07, 6.45) is 0.871. The molecule has 46 heavy (non-hydrogen) atoms. The van der Waals surface area contributed by atoms with Crippen LogP contribution in [0.5, 0.6) is 0 Å². The third-order valence-electron chi connectivity index (χ3n) is 8.93. The molecule has 5 atom stereocenters. The van der Waals surface area contributed by atoms with Gasteiger partial charge in [-0.1, -0.05) is 76.5 Å². The predicted molar refractivity (Wildman–Crippen MR) is 177 cm³/mol. The smallest absolute Gasteiger partial charge is 0.408 e. The zero-order chi connectivity index (χ0) is 33.8. The van der Waals surface area contributed by atoms with Crippen molar-refractivity contribution in [2.45, 2.75) is 84.0 Å². The molecule has 0 saturated carbocycles. The Balaban J connectivity index is 1.66. The fourth-order valence-electron chi connectivity index (χ4n) is 5.80. The first kappa shape index (κ1) is 35.1. The number of hydrogen-bond acceptors (Lipinski definition) is 5. The number of alkyl carbamates (subject to hydrolysis) is 1. The molecule has 1 aliphatic carbocycles. The van der Waals surface area contributed by atoms with E-state index in [2.05, 4.69) is 20.9 Å². The summed E-state index contributed by atoms with van der Waals surface area (Å²) in [5.74, 6) is -2.55. The van der Waals surface area contributed by atoms with Crippen LogP contribution in [0.4, 0.5) is 13.6 Å². The van der Waals surface area contributed by atoms with E-state index < -0.39 is 47.2 Å². The standard InChI is InChI=1S/C33H40ClF2N5O4S/c1-5-17(3)26(29(37)46)39-31(43)33(11-10-25-23(15-33)22-13-21(36)14-24(34)28(22)38-25)41-30(42)27(18(4)6-2)40-32(44)45-16-19-8-7-9-20(35)12-19/h7-9,12-14,17-18,26-27,38H,5-6,10-11,15-16H2,1-4H3,(H2,37,46)(H,39,43)(H,40,44)(H,41,42)/t17?,18?,26-,27-,33+/m0/s1. The van der Waals surface area contributed by atoms with E-state index >= 15 is 0 Å². The summed E-state index contributed by atoms with van der Waals surface area (Å²) in [4.78, 5) is 44.5. The van der Waals surface area contributed by atoms with E-state index in [4.69, 9.17) is 34.3 Å². The summed E-state index contributed by atoms with van der Waals surface area (Å²) in [6.45, 7) is 7.31. The molecule has 1 aliphatic rings. The maximum Gasteiger partial charge on any atom is 0.408 e. The highest BCUT2D eigenvalue weighted by Gasteiger charge is 2.46. The normalized spacial score (nSPS) is 18.5. The maximum atomic E-state index is 14.5. The van der Waals surface area contributed by atoms with Gasteiger partial charge in [0.1, 0.15) is 29.8 Å². The Morgan fingerprint density at radius 2 is 1.76 bits per heavy atom. The number of aromatic amines is 1. The average molecular weight is 676 g/mol. The van der Waals surface area contributed by atoms with Crippen molar-refractivity contribution in [1.29, 1.82) is 0 Å². The molecule has 0 spiro atoms. The number of nitrogens with one attached hydrogen (secondary N) is 4. The third kappa shape index (κ3) is 7.78. The SMILES string of the molecule is CCC(C)[C@H](NC(=O)OCc1cccc(F)c1)C(=O)N[C@]1(C(=O)N[C@H](C(N)=S)C(C)CC)CCc2[nH]c3c(Cl)cc(F)cc3c2C1. The van der Waals surface area contributed by atoms with Gasteiger partial charge >= 0.3 is 6.09 Å². The van der Waals surface area contributed by atoms with Crippen LogP contribution in [0.25, 0.3) is 10.9 Å². The minimum absolute atomic E-state index is 0.0154. The maximum absolute atomic E-state index is 14.5. The Hall–Kier alpha value is -3.77. The number of amides is 3. The van der Waals surface area contributed by atoms with Crippen LogP contribution in [0.15, 0.2) is 36.4 Å². The van der Waals surface area contributed by atoms with Crippen molar-refractivity contribution in [3.05, 3.63) is 69.9 Å². The summed E-state index contributed by atoms with van der Waals surface area (Å²) < 4.78 is 33.4. The van der Waals surface area contributed by atoms with Gasteiger partial charge in [-0.05, 0) is 60.1 Å². The highest BCUT2D eigenvalue weighted by molar-refractivity contribution is 7.80. The van der Waals surface area contributed by atoms with Crippen molar-refractivity contribution >= 4 is 57.6 Å². The van der Waals surface area contributed by atoms with Gasteiger partial charge in [-0.15, -0.1) is 0 Å². The number of rotatable bonds is 12. The Bertz CT molecular complexity index is 1630. The van der Waals surface area contributed by atoms with E-state index in [1.807, 2.05) is 20.8 Å². The zero-order valence-corrected chi connectivity index (χ0v) is 27.8. The Morgan fingerprint density at radius 3 is 2.41 bits per heavy atom. The molecule has 0 saturated heterocycles. The number of halogens is 3. The van der Waals surface area contributed by atoms with Gasteiger partial charge in [-0.2, -0.15) is 0 Å². The number of thiocarbonyl (C=S) groups is 1. The molecule has 2 unspecified atom stereocenters. The number of aromatic nitrogens is 1. The lowest BCUT2D eigenvalue weighted by molar-refractivity contribution is -0.136. The van der Waals surface area contributed by atoms with Gasteiger partial charge in [-0.3, -0.25) is 9.59 Å². The summed E-state index contributed by atoms with van der Waals surface area (Å²) in [7, 11) is 0. The molecule has 9 nitrogen and oxygen atoms in total. The molecule has 0 radical (unpaired) electrons. The first-order valence-electron chi connectivity index (χ1n) is 15.4. The van der Waals surface area contributed by atoms with E-state index in [0.717, 1.165) is 5.69 Å². The summed E-state index contributed by atoms with van der Waals surface area (Å²) in [6, 6.07) is 6.48. The van der Waals surface area contributed by atoms with E-state index in [1.54, 1.807) is 13.0 Å². The van der Waals surface area contributed by atoms with E-state index in [0.29, 0.717) is 41.3 Å². The van der Waals surface area contributed by atoms with Crippen LogP contribution in [0.2, 0.25) is 5.02 Å². The van der Waals surface area contributed by atoms with Gasteiger partial charge in [0, 0.05) is 17.5 Å². The number of aryl methyl sites for hydroxylation is 1. The van der Waals surface area contributed by atoms with Gasteiger partial charge in [-0.25, -0.2) is 13.6 Å². The third-order valence-corrected chi connectivity index (χ3v) is 9.48. The van der Waals surface area contributed by atoms with Gasteiger partial charge in [0.15, 0.2) is 0 Å².